The molecule has 4 heteroatoms. The van der Waals surface area contributed by atoms with Crippen LogP contribution in [0.4, 0.5) is 4.79 Å². The van der Waals surface area contributed by atoms with Crippen LogP contribution in [0.15, 0.2) is 16.8 Å². The molecule has 1 rings (SSSR count). The van der Waals surface area contributed by atoms with E-state index < -0.39 is 5.60 Å². The summed E-state index contributed by atoms with van der Waals surface area (Å²) in [6, 6.07) is 0. The van der Waals surface area contributed by atoms with E-state index in [9.17, 15) is 4.79 Å². The van der Waals surface area contributed by atoms with Crippen LogP contribution in [-0.2, 0) is 4.74 Å². The SMILES string of the molecule is CC1=CC(CCCCCCNC(=O)OC(C)(C)C)C(C)=N1. The predicted octanol–water partition coefficient (Wildman–Crippen LogP) is 4.46. The van der Waals surface area contributed by atoms with E-state index in [0.717, 1.165) is 18.5 Å². The first-order valence-electron chi connectivity index (χ1n) is 7.98. The minimum atomic E-state index is -0.420. The van der Waals surface area contributed by atoms with Gasteiger partial charge in [-0.15, -0.1) is 0 Å². The Morgan fingerprint density at radius 2 is 1.90 bits per heavy atom. The molecule has 1 aliphatic heterocycles. The fraction of sp³-hybridized carbons (Fsp3) is 0.765. The highest BCUT2D eigenvalue weighted by molar-refractivity contribution is 5.88. The second kappa shape index (κ2) is 8.20. The van der Waals surface area contributed by atoms with Crippen molar-refractivity contribution in [2.24, 2.45) is 10.9 Å². The maximum absolute atomic E-state index is 11.4. The summed E-state index contributed by atoms with van der Waals surface area (Å²) in [4.78, 5) is 15.9. The van der Waals surface area contributed by atoms with E-state index in [1.807, 2.05) is 20.8 Å². The molecule has 0 saturated carbocycles. The third-order valence-electron chi connectivity index (χ3n) is 3.44. The maximum Gasteiger partial charge on any atom is 0.407 e. The van der Waals surface area contributed by atoms with E-state index in [2.05, 4.69) is 30.2 Å². The monoisotopic (exact) mass is 294 g/mol. The summed E-state index contributed by atoms with van der Waals surface area (Å²) in [7, 11) is 0. The fourth-order valence-corrected chi connectivity index (χ4v) is 2.45. The van der Waals surface area contributed by atoms with Gasteiger partial charge in [-0.25, -0.2) is 4.79 Å². The Hall–Kier alpha value is -1.32. The van der Waals surface area contributed by atoms with E-state index in [1.54, 1.807) is 0 Å². The number of allylic oxidation sites excluding steroid dienone is 2. The molecule has 0 spiro atoms. The number of nitrogens with one attached hydrogen (secondary N) is 1. The average molecular weight is 294 g/mol. The summed E-state index contributed by atoms with van der Waals surface area (Å²) in [5.74, 6) is 0.546. The molecule has 0 saturated heterocycles. The van der Waals surface area contributed by atoms with Gasteiger partial charge in [0.2, 0.25) is 0 Å². The first-order valence-corrected chi connectivity index (χ1v) is 7.98. The molecule has 0 aromatic rings. The summed E-state index contributed by atoms with van der Waals surface area (Å²) in [5.41, 5.74) is 1.98. The Morgan fingerprint density at radius 3 is 2.48 bits per heavy atom. The average Bonchev–Trinajstić information content (AvgIpc) is 2.64. The topological polar surface area (TPSA) is 50.7 Å². The summed E-state index contributed by atoms with van der Waals surface area (Å²) >= 11 is 0. The Bertz CT molecular complexity index is 406. The van der Waals surface area contributed by atoms with Crippen LogP contribution in [0.5, 0.6) is 0 Å². The lowest BCUT2D eigenvalue weighted by atomic mass is 9.97. The van der Waals surface area contributed by atoms with E-state index in [4.69, 9.17) is 4.74 Å². The number of aliphatic imine (C=N–C) groups is 1. The van der Waals surface area contributed by atoms with Gasteiger partial charge in [0, 0.05) is 23.9 Å². The van der Waals surface area contributed by atoms with E-state index in [1.165, 1.54) is 25.0 Å². The molecule has 0 radical (unpaired) electrons. The van der Waals surface area contributed by atoms with Crippen molar-refractivity contribution in [1.82, 2.24) is 5.32 Å². The lowest BCUT2D eigenvalue weighted by Gasteiger charge is -2.19. The van der Waals surface area contributed by atoms with Gasteiger partial charge in [-0.05, 0) is 47.5 Å². The molecule has 21 heavy (non-hydrogen) atoms. The van der Waals surface area contributed by atoms with Crippen LogP contribution in [0.3, 0.4) is 0 Å². The second-order valence-electron chi connectivity index (χ2n) is 6.80. The van der Waals surface area contributed by atoms with E-state index >= 15 is 0 Å². The molecule has 1 amide bonds. The zero-order valence-electron chi connectivity index (χ0n) is 14.2. The van der Waals surface area contributed by atoms with Gasteiger partial charge in [-0.3, -0.25) is 4.99 Å². The maximum atomic E-state index is 11.4. The van der Waals surface area contributed by atoms with Gasteiger partial charge < -0.3 is 10.1 Å². The van der Waals surface area contributed by atoms with Crippen molar-refractivity contribution in [1.29, 1.82) is 0 Å². The number of hydrogen-bond donors (Lipinski definition) is 1. The summed E-state index contributed by atoms with van der Waals surface area (Å²) in [6.07, 6.45) is 7.69. The molecule has 1 unspecified atom stereocenters. The van der Waals surface area contributed by atoms with Gasteiger partial charge in [-0.2, -0.15) is 0 Å². The molecule has 1 heterocycles. The molecule has 120 valence electrons. The molecule has 0 aromatic heterocycles. The number of amides is 1. The van der Waals surface area contributed by atoms with Crippen LogP contribution in [0.25, 0.3) is 0 Å². The van der Waals surface area contributed by atoms with Gasteiger partial charge in [-0.1, -0.05) is 25.3 Å². The molecule has 1 N–H and O–H groups in total. The van der Waals surface area contributed by atoms with Crippen molar-refractivity contribution in [2.75, 3.05) is 6.54 Å². The third-order valence-corrected chi connectivity index (χ3v) is 3.44. The molecule has 0 bridgehead atoms. The lowest BCUT2D eigenvalue weighted by molar-refractivity contribution is 0.0527. The molecular weight excluding hydrogens is 264 g/mol. The number of ether oxygens (including phenoxy) is 1. The molecule has 0 aromatic carbocycles. The standard InChI is InChI=1S/C17H30N2O2/c1-13-12-15(14(2)19-13)10-8-6-7-9-11-18-16(20)21-17(3,4)5/h12,15H,6-11H2,1-5H3,(H,18,20). The minimum Gasteiger partial charge on any atom is -0.444 e. The predicted molar refractivity (Wildman–Crippen MR) is 87.7 cm³/mol. The van der Waals surface area contributed by atoms with Crippen molar-refractivity contribution >= 4 is 11.8 Å². The fourth-order valence-electron chi connectivity index (χ4n) is 2.45. The second-order valence-corrected chi connectivity index (χ2v) is 6.80. The number of carbonyl (C=O) groups excluding carboxylic acids is 1. The Labute approximate surface area is 129 Å². The molecule has 0 fully saturated rings. The highest BCUT2D eigenvalue weighted by Gasteiger charge is 2.16. The number of rotatable bonds is 7. The molecule has 1 aliphatic rings. The summed E-state index contributed by atoms with van der Waals surface area (Å²) in [6.45, 7) is 10.5. The van der Waals surface area contributed by atoms with Crippen molar-refractivity contribution < 1.29 is 9.53 Å². The summed E-state index contributed by atoms with van der Waals surface area (Å²) < 4.78 is 5.19. The third kappa shape index (κ3) is 7.88. The van der Waals surface area contributed by atoms with Crippen LogP contribution in [-0.4, -0.2) is 24.0 Å². The Morgan fingerprint density at radius 1 is 1.24 bits per heavy atom. The number of carbonyl (C=O) groups is 1. The van der Waals surface area contributed by atoms with Gasteiger partial charge in [0.25, 0.3) is 0 Å². The van der Waals surface area contributed by atoms with Crippen molar-refractivity contribution in [2.45, 2.75) is 72.3 Å². The Balaban J connectivity index is 1.98. The molecule has 4 nitrogen and oxygen atoms in total. The molecule has 0 aliphatic carbocycles. The zero-order chi connectivity index (χ0) is 15.9. The van der Waals surface area contributed by atoms with Crippen molar-refractivity contribution in [3.8, 4) is 0 Å². The first kappa shape index (κ1) is 17.7. The van der Waals surface area contributed by atoms with Crippen LogP contribution in [0.2, 0.25) is 0 Å². The minimum absolute atomic E-state index is 0.319. The zero-order valence-corrected chi connectivity index (χ0v) is 14.2. The van der Waals surface area contributed by atoms with Gasteiger partial charge in [0.1, 0.15) is 5.60 Å². The largest absolute Gasteiger partial charge is 0.444 e. The molecular formula is C17H30N2O2. The highest BCUT2D eigenvalue weighted by Crippen LogP contribution is 2.22. The number of hydrogen-bond acceptors (Lipinski definition) is 3. The van der Waals surface area contributed by atoms with Gasteiger partial charge in [0.15, 0.2) is 0 Å². The van der Waals surface area contributed by atoms with Crippen LogP contribution in [0, 0.1) is 5.92 Å². The van der Waals surface area contributed by atoms with E-state index in [-0.39, 0.29) is 6.09 Å². The van der Waals surface area contributed by atoms with Crippen LogP contribution < -0.4 is 5.32 Å². The smallest absolute Gasteiger partial charge is 0.407 e. The number of unbranched alkanes of at least 4 members (excludes halogenated alkanes) is 3. The molecule has 1 atom stereocenters. The van der Waals surface area contributed by atoms with Crippen LogP contribution >= 0.6 is 0 Å². The quantitative estimate of drug-likeness (QED) is 0.705. The van der Waals surface area contributed by atoms with Gasteiger partial charge >= 0.3 is 6.09 Å². The normalized spacial score (nSPS) is 18.2. The van der Waals surface area contributed by atoms with E-state index in [0.29, 0.717) is 12.5 Å². The Kier molecular flexibility index (Phi) is 6.93. The summed E-state index contributed by atoms with van der Waals surface area (Å²) in [5, 5.41) is 2.79. The van der Waals surface area contributed by atoms with Crippen LogP contribution in [0.1, 0.15) is 66.7 Å². The first-order chi connectivity index (χ1) is 9.78. The highest BCUT2D eigenvalue weighted by atomic mass is 16.6. The van der Waals surface area contributed by atoms with Crippen molar-refractivity contribution in [3.63, 3.8) is 0 Å². The van der Waals surface area contributed by atoms with Crippen molar-refractivity contribution in [3.05, 3.63) is 11.8 Å². The number of nitrogens with zero attached hydrogens (tertiary/aromatic N) is 1. The van der Waals surface area contributed by atoms with Gasteiger partial charge in [0.05, 0.1) is 0 Å². The number of alkyl carbamates (subject to hydrolysis) is 1. The lowest BCUT2D eigenvalue weighted by Crippen LogP contribution is -2.32.